The fourth-order valence-corrected chi connectivity index (χ4v) is 1.23. The molecule has 17 heavy (non-hydrogen) atoms. The van der Waals surface area contributed by atoms with Crippen LogP contribution in [-0.2, 0) is 19.1 Å². The van der Waals surface area contributed by atoms with Crippen molar-refractivity contribution in [3.05, 3.63) is 0 Å². The molecule has 100 valence electrons. The first kappa shape index (κ1) is 15.9. The zero-order valence-electron chi connectivity index (χ0n) is 11.0. The Morgan fingerprint density at radius 1 is 1.00 bits per heavy atom. The largest absolute Gasteiger partial charge is 0.465 e. The first-order valence-electron chi connectivity index (χ1n) is 6.17. The minimum atomic E-state index is -0.310. The Labute approximate surface area is 103 Å². The van der Waals surface area contributed by atoms with Gasteiger partial charge in [-0.1, -0.05) is 20.3 Å². The van der Waals surface area contributed by atoms with E-state index in [1.165, 1.54) is 0 Å². The van der Waals surface area contributed by atoms with Gasteiger partial charge >= 0.3 is 11.9 Å². The molecule has 0 amide bonds. The van der Waals surface area contributed by atoms with Gasteiger partial charge in [-0.3, -0.25) is 14.5 Å². The molecule has 0 N–H and O–H groups in total. The van der Waals surface area contributed by atoms with E-state index in [2.05, 4.69) is 0 Å². The molecule has 5 nitrogen and oxygen atoms in total. The van der Waals surface area contributed by atoms with Gasteiger partial charge in [-0.05, 0) is 19.9 Å². The zero-order chi connectivity index (χ0) is 13.1. The van der Waals surface area contributed by atoms with E-state index in [0.717, 1.165) is 12.8 Å². The van der Waals surface area contributed by atoms with Gasteiger partial charge in [0, 0.05) is 0 Å². The second kappa shape index (κ2) is 10.1. The number of esters is 2. The van der Waals surface area contributed by atoms with Crippen molar-refractivity contribution < 1.29 is 19.1 Å². The molecule has 0 saturated carbocycles. The van der Waals surface area contributed by atoms with E-state index in [0.29, 0.717) is 19.8 Å². The average molecular weight is 245 g/mol. The van der Waals surface area contributed by atoms with Gasteiger partial charge in [-0.2, -0.15) is 0 Å². The Kier molecular flexibility index (Phi) is 9.43. The maximum Gasteiger partial charge on any atom is 0.320 e. The number of hydrogen-bond acceptors (Lipinski definition) is 5. The average Bonchev–Trinajstić information content (AvgIpc) is 2.28. The normalized spacial score (nSPS) is 10.4. The molecule has 0 radical (unpaired) electrons. The van der Waals surface area contributed by atoms with Gasteiger partial charge in [-0.25, -0.2) is 0 Å². The van der Waals surface area contributed by atoms with Crippen molar-refractivity contribution in [2.45, 2.75) is 33.6 Å². The van der Waals surface area contributed by atoms with Gasteiger partial charge in [-0.15, -0.1) is 0 Å². The van der Waals surface area contributed by atoms with E-state index in [1.54, 1.807) is 11.8 Å². The van der Waals surface area contributed by atoms with Crippen molar-refractivity contribution in [1.29, 1.82) is 0 Å². The molecular weight excluding hydrogens is 222 g/mol. The fourth-order valence-electron chi connectivity index (χ4n) is 1.23. The first-order valence-corrected chi connectivity index (χ1v) is 6.17. The van der Waals surface area contributed by atoms with Crippen LogP contribution in [0.15, 0.2) is 0 Å². The van der Waals surface area contributed by atoms with Crippen LogP contribution >= 0.6 is 0 Å². The zero-order valence-corrected chi connectivity index (χ0v) is 11.0. The molecule has 5 heteroatoms. The highest BCUT2D eigenvalue weighted by Crippen LogP contribution is 1.94. The maximum atomic E-state index is 11.4. The predicted octanol–water partition coefficient (Wildman–Crippen LogP) is 1.21. The van der Waals surface area contributed by atoms with Gasteiger partial charge in [0.2, 0.25) is 0 Å². The van der Waals surface area contributed by atoms with Crippen LogP contribution in [0, 0.1) is 0 Å². The molecule has 0 unspecified atom stereocenters. The first-order chi connectivity index (χ1) is 8.13. The van der Waals surface area contributed by atoms with Crippen molar-refractivity contribution in [2.24, 2.45) is 0 Å². The van der Waals surface area contributed by atoms with Crippen LogP contribution in [-0.4, -0.2) is 49.7 Å². The SMILES string of the molecule is CCCCOC(=O)CN(CC)CC(=O)OCC. The molecule has 0 fully saturated rings. The molecular formula is C12H23NO4. The number of nitrogens with zero attached hydrogens (tertiary/aromatic N) is 1. The van der Waals surface area contributed by atoms with Gasteiger partial charge in [0.05, 0.1) is 26.3 Å². The highest BCUT2D eigenvalue weighted by molar-refractivity contribution is 5.75. The van der Waals surface area contributed by atoms with E-state index in [-0.39, 0.29) is 25.0 Å². The molecule has 0 aliphatic heterocycles. The molecule has 0 saturated heterocycles. The molecule has 0 aromatic carbocycles. The van der Waals surface area contributed by atoms with Crippen molar-refractivity contribution in [2.75, 3.05) is 32.8 Å². The van der Waals surface area contributed by atoms with Crippen LogP contribution in [0.3, 0.4) is 0 Å². The lowest BCUT2D eigenvalue weighted by atomic mass is 10.4. The summed E-state index contributed by atoms with van der Waals surface area (Å²) < 4.78 is 9.85. The summed E-state index contributed by atoms with van der Waals surface area (Å²) in [5.41, 5.74) is 0. The van der Waals surface area contributed by atoms with Crippen molar-refractivity contribution in [1.82, 2.24) is 4.90 Å². The Bertz CT molecular complexity index is 231. The summed E-state index contributed by atoms with van der Waals surface area (Å²) in [4.78, 5) is 24.3. The lowest BCUT2D eigenvalue weighted by molar-refractivity contribution is -0.148. The van der Waals surface area contributed by atoms with Crippen molar-refractivity contribution >= 4 is 11.9 Å². The Hall–Kier alpha value is -1.10. The summed E-state index contributed by atoms with van der Waals surface area (Å²) in [6, 6.07) is 0. The van der Waals surface area contributed by atoms with E-state index in [9.17, 15) is 9.59 Å². The third kappa shape index (κ3) is 8.68. The number of ether oxygens (including phenoxy) is 2. The highest BCUT2D eigenvalue weighted by Gasteiger charge is 2.14. The van der Waals surface area contributed by atoms with Crippen molar-refractivity contribution in [3.63, 3.8) is 0 Å². The third-order valence-electron chi connectivity index (χ3n) is 2.22. The molecule has 0 aromatic rings. The Morgan fingerprint density at radius 2 is 1.59 bits per heavy atom. The van der Waals surface area contributed by atoms with Gasteiger partial charge in [0.25, 0.3) is 0 Å². The molecule has 0 bridgehead atoms. The molecule has 0 spiro atoms. The number of unbranched alkanes of at least 4 members (excludes halogenated alkanes) is 1. The smallest absolute Gasteiger partial charge is 0.320 e. The van der Waals surface area contributed by atoms with E-state index >= 15 is 0 Å². The number of hydrogen-bond donors (Lipinski definition) is 0. The number of rotatable bonds is 9. The summed E-state index contributed by atoms with van der Waals surface area (Å²) in [7, 11) is 0. The summed E-state index contributed by atoms with van der Waals surface area (Å²) in [5.74, 6) is -0.597. The number of likely N-dealkylation sites (N-methyl/N-ethyl adjacent to an activating group) is 1. The summed E-state index contributed by atoms with van der Waals surface area (Å²) in [5, 5.41) is 0. The van der Waals surface area contributed by atoms with Crippen molar-refractivity contribution in [3.8, 4) is 0 Å². The summed E-state index contributed by atoms with van der Waals surface area (Å²) in [6.07, 6.45) is 1.86. The van der Waals surface area contributed by atoms with Gasteiger partial charge in [0.15, 0.2) is 0 Å². The molecule has 0 atom stereocenters. The van der Waals surface area contributed by atoms with Crippen LogP contribution < -0.4 is 0 Å². The van der Waals surface area contributed by atoms with Crippen LogP contribution in [0.4, 0.5) is 0 Å². The molecule has 0 heterocycles. The van der Waals surface area contributed by atoms with Gasteiger partial charge in [0.1, 0.15) is 0 Å². The van der Waals surface area contributed by atoms with E-state index in [1.807, 2.05) is 13.8 Å². The molecule has 0 aliphatic rings. The van der Waals surface area contributed by atoms with Crippen LogP contribution in [0.1, 0.15) is 33.6 Å². The molecule has 0 aromatic heterocycles. The molecule has 0 rings (SSSR count). The van der Waals surface area contributed by atoms with E-state index in [4.69, 9.17) is 9.47 Å². The summed E-state index contributed by atoms with van der Waals surface area (Å²) in [6.45, 7) is 7.37. The van der Waals surface area contributed by atoms with Crippen LogP contribution in [0.2, 0.25) is 0 Å². The minimum Gasteiger partial charge on any atom is -0.465 e. The third-order valence-corrected chi connectivity index (χ3v) is 2.22. The van der Waals surface area contributed by atoms with E-state index < -0.39 is 0 Å². The Balaban J connectivity index is 3.86. The monoisotopic (exact) mass is 245 g/mol. The number of carbonyl (C=O) groups is 2. The minimum absolute atomic E-state index is 0.132. The van der Waals surface area contributed by atoms with Crippen LogP contribution in [0.5, 0.6) is 0 Å². The fraction of sp³-hybridized carbons (Fsp3) is 0.833. The number of carbonyl (C=O) groups excluding carboxylic acids is 2. The lowest BCUT2D eigenvalue weighted by Gasteiger charge is -2.18. The lowest BCUT2D eigenvalue weighted by Crippen LogP contribution is -2.36. The summed E-state index contributed by atoms with van der Waals surface area (Å²) >= 11 is 0. The van der Waals surface area contributed by atoms with Crippen LogP contribution in [0.25, 0.3) is 0 Å². The molecule has 0 aliphatic carbocycles. The quantitative estimate of drug-likeness (QED) is 0.451. The highest BCUT2D eigenvalue weighted by atomic mass is 16.5. The predicted molar refractivity (Wildman–Crippen MR) is 64.6 cm³/mol. The second-order valence-corrected chi connectivity index (χ2v) is 3.68. The standard InChI is InChI=1S/C12H23NO4/c1-4-7-8-17-12(15)10-13(5-2)9-11(14)16-6-3/h4-10H2,1-3H3. The Morgan fingerprint density at radius 3 is 2.06 bits per heavy atom. The topological polar surface area (TPSA) is 55.8 Å². The maximum absolute atomic E-state index is 11.4. The second-order valence-electron chi connectivity index (χ2n) is 3.68. The van der Waals surface area contributed by atoms with Gasteiger partial charge < -0.3 is 9.47 Å².